The second-order valence-electron chi connectivity index (χ2n) is 5.89. The molecule has 1 atom stereocenters. The van der Waals surface area contributed by atoms with Gasteiger partial charge in [-0.15, -0.1) is 0 Å². The fraction of sp³-hybridized carbons (Fsp3) is 0.800. The van der Waals surface area contributed by atoms with Crippen molar-refractivity contribution in [1.29, 1.82) is 0 Å². The lowest BCUT2D eigenvalue weighted by Gasteiger charge is -2.33. The molecular weight excluding hydrogens is 236 g/mol. The van der Waals surface area contributed by atoms with Gasteiger partial charge in [0, 0.05) is 25.0 Å². The van der Waals surface area contributed by atoms with Gasteiger partial charge in [-0.25, -0.2) is 4.98 Å². The molecule has 4 nitrogen and oxygen atoms in total. The second kappa shape index (κ2) is 7.65. The average molecular weight is 264 g/mol. The van der Waals surface area contributed by atoms with Gasteiger partial charge in [0.25, 0.3) is 0 Å². The van der Waals surface area contributed by atoms with Crippen molar-refractivity contribution in [2.24, 2.45) is 5.92 Å². The third-order valence-corrected chi connectivity index (χ3v) is 4.34. The minimum absolute atomic E-state index is 0.668. The van der Waals surface area contributed by atoms with E-state index in [2.05, 4.69) is 33.7 Å². The van der Waals surface area contributed by atoms with Gasteiger partial charge in [-0.2, -0.15) is 0 Å². The third-order valence-electron chi connectivity index (χ3n) is 4.34. The fourth-order valence-corrected chi connectivity index (χ4v) is 2.86. The number of likely N-dealkylation sites (tertiary alicyclic amines) is 1. The molecule has 0 saturated carbocycles. The molecule has 4 heteroatoms. The Balaban J connectivity index is 1.53. The highest BCUT2D eigenvalue weighted by molar-refractivity contribution is 4.78. The lowest BCUT2D eigenvalue weighted by molar-refractivity contribution is 0.190. The minimum atomic E-state index is 0.668. The molecule has 1 aliphatic rings. The highest BCUT2D eigenvalue weighted by Gasteiger charge is 2.21. The first-order chi connectivity index (χ1) is 9.25. The van der Waals surface area contributed by atoms with Crippen LogP contribution >= 0.6 is 0 Å². The van der Waals surface area contributed by atoms with Crippen LogP contribution in [0.4, 0.5) is 0 Å². The van der Waals surface area contributed by atoms with Crippen LogP contribution in [0.1, 0.15) is 32.6 Å². The van der Waals surface area contributed by atoms with Crippen LogP contribution in [0.2, 0.25) is 0 Å². The quantitative estimate of drug-likeness (QED) is 0.765. The number of nitrogens with one attached hydrogen (secondary N) is 1. The van der Waals surface area contributed by atoms with E-state index in [-0.39, 0.29) is 0 Å². The molecule has 1 N–H and O–H groups in total. The Labute approximate surface area is 117 Å². The molecule has 2 rings (SSSR count). The maximum absolute atomic E-state index is 4.06. The standard InChI is InChI=1S/C15H28N4/c1-14(15-5-10-18(2)11-6-15)17-7-3-4-9-19-12-8-16-13-19/h8,12-15,17H,3-7,9-11H2,1-2H3. The Kier molecular flexibility index (Phi) is 5.86. The zero-order valence-corrected chi connectivity index (χ0v) is 12.4. The predicted octanol–water partition coefficient (Wildman–Crippen LogP) is 1.98. The largest absolute Gasteiger partial charge is 0.337 e. The monoisotopic (exact) mass is 264 g/mol. The third kappa shape index (κ3) is 4.96. The van der Waals surface area contributed by atoms with Crippen molar-refractivity contribution in [2.75, 3.05) is 26.7 Å². The molecule has 19 heavy (non-hydrogen) atoms. The first kappa shape index (κ1) is 14.5. The van der Waals surface area contributed by atoms with Crippen LogP contribution in [0, 0.1) is 5.92 Å². The molecule has 0 aliphatic carbocycles. The van der Waals surface area contributed by atoms with Crippen molar-refractivity contribution in [2.45, 2.75) is 45.2 Å². The predicted molar refractivity (Wildman–Crippen MR) is 79.1 cm³/mol. The molecule has 1 saturated heterocycles. The Hall–Kier alpha value is -0.870. The number of imidazole rings is 1. The molecule has 1 aliphatic heterocycles. The van der Waals surface area contributed by atoms with Gasteiger partial charge in [0.05, 0.1) is 6.33 Å². The molecule has 1 aromatic heterocycles. The molecule has 0 aromatic carbocycles. The van der Waals surface area contributed by atoms with E-state index in [1.54, 1.807) is 0 Å². The number of nitrogens with zero attached hydrogens (tertiary/aromatic N) is 3. The normalized spacial score (nSPS) is 19.7. The van der Waals surface area contributed by atoms with Crippen molar-refractivity contribution in [3.05, 3.63) is 18.7 Å². The Bertz CT molecular complexity index is 328. The van der Waals surface area contributed by atoms with Gasteiger partial charge >= 0.3 is 0 Å². The number of unbranched alkanes of at least 4 members (excludes halogenated alkanes) is 1. The number of hydrogen-bond acceptors (Lipinski definition) is 3. The lowest BCUT2D eigenvalue weighted by atomic mass is 9.90. The van der Waals surface area contributed by atoms with Crippen LogP contribution in [0.5, 0.6) is 0 Å². The number of rotatable bonds is 7. The van der Waals surface area contributed by atoms with Crippen molar-refractivity contribution in [3.63, 3.8) is 0 Å². The van der Waals surface area contributed by atoms with Crippen LogP contribution in [0.3, 0.4) is 0 Å². The van der Waals surface area contributed by atoms with E-state index in [1.165, 1.54) is 38.8 Å². The highest BCUT2D eigenvalue weighted by Crippen LogP contribution is 2.19. The number of aromatic nitrogens is 2. The Morgan fingerprint density at radius 3 is 2.79 bits per heavy atom. The summed E-state index contributed by atoms with van der Waals surface area (Å²) in [6.45, 7) is 7.10. The van der Waals surface area contributed by atoms with Crippen LogP contribution < -0.4 is 5.32 Å². The maximum atomic E-state index is 4.06. The molecule has 0 spiro atoms. The summed E-state index contributed by atoms with van der Waals surface area (Å²) in [6.07, 6.45) is 10.9. The molecule has 2 heterocycles. The summed E-state index contributed by atoms with van der Waals surface area (Å²) in [5, 5.41) is 3.70. The van der Waals surface area contributed by atoms with Crippen molar-refractivity contribution in [1.82, 2.24) is 19.8 Å². The molecule has 1 fully saturated rings. The molecular formula is C15H28N4. The summed E-state index contributed by atoms with van der Waals surface area (Å²) >= 11 is 0. The SMILES string of the molecule is CC(NCCCCn1ccnc1)C1CCN(C)CC1. The summed E-state index contributed by atoms with van der Waals surface area (Å²) in [4.78, 5) is 6.50. The zero-order chi connectivity index (χ0) is 13.5. The van der Waals surface area contributed by atoms with Gasteiger partial charge in [-0.1, -0.05) is 0 Å². The summed E-state index contributed by atoms with van der Waals surface area (Å²) < 4.78 is 2.15. The summed E-state index contributed by atoms with van der Waals surface area (Å²) in [7, 11) is 2.23. The van der Waals surface area contributed by atoms with Gasteiger partial charge < -0.3 is 14.8 Å². The van der Waals surface area contributed by atoms with Crippen LogP contribution in [-0.2, 0) is 6.54 Å². The fourth-order valence-electron chi connectivity index (χ4n) is 2.86. The van der Waals surface area contributed by atoms with E-state index in [9.17, 15) is 0 Å². The maximum Gasteiger partial charge on any atom is 0.0945 e. The van der Waals surface area contributed by atoms with Crippen LogP contribution in [0.15, 0.2) is 18.7 Å². The molecule has 1 unspecified atom stereocenters. The molecule has 108 valence electrons. The Morgan fingerprint density at radius 1 is 1.32 bits per heavy atom. The van der Waals surface area contributed by atoms with Crippen LogP contribution in [-0.4, -0.2) is 47.2 Å². The van der Waals surface area contributed by atoms with Gasteiger partial charge in [0.2, 0.25) is 0 Å². The molecule has 1 aromatic rings. The second-order valence-corrected chi connectivity index (χ2v) is 5.89. The summed E-state index contributed by atoms with van der Waals surface area (Å²) in [5.74, 6) is 0.866. The van der Waals surface area contributed by atoms with E-state index in [4.69, 9.17) is 0 Å². The van der Waals surface area contributed by atoms with Gasteiger partial charge in [0.1, 0.15) is 0 Å². The first-order valence-electron chi connectivity index (χ1n) is 7.63. The highest BCUT2D eigenvalue weighted by atomic mass is 15.1. The van der Waals surface area contributed by atoms with Gasteiger partial charge in [0.15, 0.2) is 0 Å². The van der Waals surface area contributed by atoms with E-state index in [0.29, 0.717) is 6.04 Å². The number of piperidine rings is 1. The zero-order valence-electron chi connectivity index (χ0n) is 12.4. The van der Waals surface area contributed by atoms with Crippen LogP contribution in [0.25, 0.3) is 0 Å². The summed E-state index contributed by atoms with van der Waals surface area (Å²) in [5.41, 5.74) is 0. The van der Waals surface area contributed by atoms with E-state index in [1.807, 2.05) is 18.7 Å². The first-order valence-corrected chi connectivity index (χ1v) is 7.63. The number of aryl methyl sites for hydroxylation is 1. The minimum Gasteiger partial charge on any atom is -0.337 e. The van der Waals surface area contributed by atoms with E-state index < -0.39 is 0 Å². The van der Waals surface area contributed by atoms with Crippen molar-refractivity contribution in [3.8, 4) is 0 Å². The number of hydrogen-bond donors (Lipinski definition) is 1. The lowest BCUT2D eigenvalue weighted by Crippen LogP contribution is -2.41. The van der Waals surface area contributed by atoms with E-state index in [0.717, 1.165) is 19.0 Å². The topological polar surface area (TPSA) is 33.1 Å². The van der Waals surface area contributed by atoms with Crippen molar-refractivity contribution >= 4 is 0 Å². The summed E-state index contributed by atoms with van der Waals surface area (Å²) in [6, 6.07) is 0.668. The molecule has 0 amide bonds. The molecule has 0 radical (unpaired) electrons. The van der Waals surface area contributed by atoms with Gasteiger partial charge in [-0.05, 0) is 65.2 Å². The molecule has 0 bridgehead atoms. The van der Waals surface area contributed by atoms with Crippen molar-refractivity contribution < 1.29 is 0 Å². The Morgan fingerprint density at radius 2 is 2.11 bits per heavy atom. The average Bonchev–Trinajstić information content (AvgIpc) is 2.92. The van der Waals surface area contributed by atoms with Gasteiger partial charge in [-0.3, -0.25) is 0 Å². The van der Waals surface area contributed by atoms with E-state index >= 15 is 0 Å². The smallest absolute Gasteiger partial charge is 0.0945 e.